The maximum atomic E-state index is 5.51. The zero-order chi connectivity index (χ0) is 13.9. The molecule has 0 amide bonds. The zero-order valence-corrected chi connectivity index (χ0v) is 12.1. The third kappa shape index (κ3) is 5.75. The van der Waals surface area contributed by atoms with Gasteiger partial charge in [-0.3, -0.25) is 4.99 Å². The Hall–Kier alpha value is -1.55. The molecule has 106 valence electrons. The van der Waals surface area contributed by atoms with E-state index >= 15 is 0 Å². The summed E-state index contributed by atoms with van der Waals surface area (Å²) in [6.45, 7) is 3.82. The molecule has 19 heavy (non-hydrogen) atoms. The summed E-state index contributed by atoms with van der Waals surface area (Å²) in [7, 11) is 3.51. The highest BCUT2D eigenvalue weighted by Crippen LogP contribution is 2.14. The van der Waals surface area contributed by atoms with Crippen LogP contribution in [0.25, 0.3) is 0 Å². The lowest BCUT2D eigenvalue weighted by atomic mass is 10.1. The molecular formula is C15H25N3O. The van der Waals surface area contributed by atoms with Crippen LogP contribution in [0.15, 0.2) is 35.3 Å². The number of nitrogens with zero attached hydrogens (tertiary/aromatic N) is 1. The number of rotatable bonds is 7. The molecule has 0 aromatic heterocycles. The third-order valence-electron chi connectivity index (χ3n) is 2.96. The minimum absolute atomic E-state index is 0.0333. The lowest BCUT2D eigenvalue weighted by Crippen LogP contribution is -2.40. The maximum Gasteiger partial charge on any atom is 0.191 e. The van der Waals surface area contributed by atoms with Crippen LogP contribution < -0.4 is 10.6 Å². The van der Waals surface area contributed by atoms with Gasteiger partial charge >= 0.3 is 0 Å². The monoisotopic (exact) mass is 263 g/mol. The first-order chi connectivity index (χ1) is 9.31. The van der Waals surface area contributed by atoms with Gasteiger partial charge in [0.1, 0.15) is 0 Å². The molecule has 1 aromatic carbocycles. The summed E-state index contributed by atoms with van der Waals surface area (Å²) in [5.74, 6) is 0.825. The van der Waals surface area contributed by atoms with Gasteiger partial charge in [-0.2, -0.15) is 0 Å². The summed E-state index contributed by atoms with van der Waals surface area (Å²) >= 11 is 0. The Morgan fingerprint density at radius 2 is 2.00 bits per heavy atom. The molecular weight excluding hydrogens is 238 g/mol. The van der Waals surface area contributed by atoms with Crippen molar-refractivity contribution in [3.05, 3.63) is 35.9 Å². The van der Waals surface area contributed by atoms with E-state index in [0.717, 1.165) is 18.9 Å². The molecule has 4 nitrogen and oxygen atoms in total. The topological polar surface area (TPSA) is 45.7 Å². The van der Waals surface area contributed by atoms with Crippen LogP contribution >= 0.6 is 0 Å². The predicted octanol–water partition coefficient (Wildman–Crippen LogP) is 2.34. The van der Waals surface area contributed by atoms with Crippen LogP contribution in [0.2, 0.25) is 0 Å². The minimum Gasteiger partial charge on any atom is -0.375 e. The molecule has 0 aliphatic rings. The molecule has 1 rings (SSSR count). The minimum atomic E-state index is 0.0333. The molecule has 0 aliphatic carbocycles. The molecule has 4 heteroatoms. The Morgan fingerprint density at radius 1 is 1.26 bits per heavy atom. The summed E-state index contributed by atoms with van der Waals surface area (Å²) in [5, 5.41) is 6.58. The number of benzene rings is 1. The van der Waals surface area contributed by atoms with Gasteiger partial charge in [0.15, 0.2) is 5.96 Å². The van der Waals surface area contributed by atoms with E-state index in [4.69, 9.17) is 4.74 Å². The predicted molar refractivity (Wildman–Crippen MR) is 80.5 cm³/mol. The molecule has 2 N–H and O–H groups in total. The van der Waals surface area contributed by atoms with E-state index in [0.29, 0.717) is 6.54 Å². The van der Waals surface area contributed by atoms with Crippen molar-refractivity contribution in [1.29, 1.82) is 0 Å². The zero-order valence-electron chi connectivity index (χ0n) is 12.1. The third-order valence-corrected chi connectivity index (χ3v) is 2.96. The fraction of sp³-hybridized carbons (Fsp3) is 0.533. The van der Waals surface area contributed by atoms with Crippen LogP contribution in [-0.2, 0) is 4.74 Å². The van der Waals surface area contributed by atoms with E-state index in [9.17, 15) is 0 Å². The number of ether oxygens (including phenoxy) is 1. The first-order valence-electron chi connectivity index (χ1n) is 6.84. The van der Waals surface area contributed by atoms with Gasteiger partial charge < -0.3 is 15.4 Å². The Morgan fingerprint density at radius 3 is 2.58 bits per heavy atom. The van der Waals surface area contributed by atoms with Gasteiger partial charge in [-0.15, -0.1) is 0 Å². The highest BCUT2D eigenvalue weighted by atomic mass is 16.5. The number of unbranched alkanes of at least 4 members (excludes halogenated alkanes) is 1. The highest BCUT2D eigenvalue weighted by molar-refractivity contribution is 5.79. The van der Waals surface area contributed by atoms with Crippen LogP contribution in [0.5, 0.6) is 0 Å². The molecule has 0 saturated heterocycles. The second kappa shape index (κ2) is 9.39. The summed E-state index contributed by atoms with van der Waals surface area (Å²) in [4.78, 5) is 4.20. The Bertz CT molecular complexity index is 365. The smallest absolute Gasteiger partial charge is 0.191 e. The highest BCUT2D eigenvalue weighted by Gasteiger charge is 2.10. The van der Waals surface area contributed by atoms with Crippen LogP contribution in [0.3, 0.4) is 0 Å². The van der Waals surface area contributed by atoms with Crippen molar-refractivity contribution in [1.82, 2.24) is 10.6 Å². The van der Waals surface area contributed by atoms with Crippen LogP contribution in [0, 0.1) is 0 Å². The Labute approximate surface area is 116 Å². The van der Waals surface area contributed by atoms with Crippen molar-refractivity contribution < 1.29 is 4.74 Å². The first kappa shape index (κ1) is 15.5. The number of guanidine groups is 1. The van der Waals surface area contributed by atoms with Crippen molar-refractivity contribution >= 4 is 5.96 Å². The van der Waals surface area contributed by atoms with E-state index in [1.54, 1.807) is 14.2 Å². The van der Waals surface area contributed by atoms with Crippen molar-refractivity contribution in [3.8, 4) is 0 Å². The second-order valence-corrected chi connectivity index (χ2v) is 4.37. The quantitative estimate of drug-likeness (QED) is 0.451. The molecule has 0 bridgehead atoms. The van der Waals surface area contributed by atoms with Crippen molar-refractivity contribution in [2.24, 2.45) is 4.99 Å². The van der Waals surface area contributed by atoms with Crippen molar-refractivity contribution in [2.75, 3.05) is 27.2 Å². The number of methoxy groups -OCH3 is 1. The normalized spacial score (nSPS) is 13.1. The van der Waals surface area contributed by atoms with Crippen LogP contribution in [0.1, 0.15) is 31.4 Å². The summed E-state index contributed by atoms with van der Waals surface area (Å²) < 4.78 is 5.51. The average Bonchev–Trinajstić information content (AvgIpc) is 2.47. The first-order valence-corrected chi connectivity index (χ1v) is 6.84. The Balaban J connectivity index is 2.44. The average molecular weight is 263 g/mol. The second-order valence-electron chi connectivity index (χ2n) is 4.37. The van der Waals surface area contributed by atoms with E-state index in [2.05, 4.69) is 34.7 Å². The van der Waals surface area contributed by atoms with Gasteiger partial charge in [-0.1, -0.05) is 43.7 Å². The maximum absolute atomic E-state index is 5.51. The van der Waals surface area contributed by atoms with Gasteiger partial charge in [-0.05, 0) is 12.0 Å². The molecule has 0 radical (unpaired) electrons. The van der Waals surface area contributed by atoms with Crippen molar-refractivity contribution in [3.63, 3.8) is 0 Å². The fourth-order valence-electron chi connectivity index (χ4n) is 1.80. The van der Waals surface area contributed by atoms with E-state index in [1.165, 1.54) is 12.0 Å². The summed E-state index contributed by atoms with van der Waals surface area (Å²) in [5.41, 5.74) is 1.17. The molecule has 0 heterocycles. The summed E-state index contributed by atoms with van der Waals surface area (Å²) in [6, 6.07) is 10.2. The van der Waals surface area contributed by atoms with Gasteiger partial charge in [0.2, 0.25) is 0 Å². The van der Waals surface area contributed by atoms with E-state index < -0.39 is 0 Å². The molecule has 0 fully saturated rings. The molecule has 1 aromatic rings. The molecule has 0 spiro atoms. The number of aliphatic imine (C=N–C) groups is 1. The fourth-order valence-corrected chi connectivity index (χ4v) is 1.80. The van der Waals surface area contributed by atoms with Gasteiger partial charge in [0.05, 0.1) is 6.10 Å². The molecule has 1 atom stereocenters. The standard InChI is InChI=1S/C15H25N3O/c1-4-5-11-17-15(16-2)18-12-14(19-3)13-9-7-6-8-10-13/h6-10,14H,4-5,11-12H2,1-3H3,(H2,16,17,18). The van der Waals surface area contributed by atoms with Crippen molar-refractivity contribution in [2.45, 2.75) is 25.9 Å². The summed E-state index contributed by atoms with van der Waals surface area (Å²) in [6.07, 6.45) is 2.35. The molecule has 0 aliphatic heterocycles. The van der Waals surface area contributed by atoms with Gasteiger partial charge in [0.25, 0.3) is 0 Å². The van der Waals surface area contributed by atoms with E-state index in [-0.39, 0.29) is 6.10 Å². The largest absolute Gasteiger partial charge is 0.375 e. The molecule has 1 unspecified atom stereocenters. The lowest BCUT2D eigenvalue weighted by Gasteiger charge is -2.18. The van der Waals surface area contributed by atoms with Crippen LogP contribution in [-0.4, -0.2) is 33.2 Å². The van der Waals surface area contributed by atoms with Gasteiger partial charge in [0, 0.05) is 27.2 Å². The van der Waals surface area contributed by atoms with Gasteiger partial charge in [-0.25, -0.2) is 0 Å². The Kier molecular flexibility index (Phi) is 7.66. The number of hydrogen-bond acceptors (Lipinski definition) is 2. The van der Waals surface area contributed by atoms with Crippen LogP contribution in [0.4, 0.5) is 0 Å². The number of nitrogens with one attached hydrogen (secondary N) is 2. The number of hydrogen-bond donors (Lipinski definition) is 2. The lowest BCUT2D eigenvalue weighted by molar-refractivity contribution is 0.106. The molecule has 0 saturated carbocycles. The van der Waals surface area contributed by atoms with E-state index in [1.807, 2.05) is 18.2 Å². The SMILES string of the molecule is CCCCNC(=NC)NCC(OC)c1ccccc1.